The number of amides is 2. The predicted molar refractivity (Wildman–Crippen MR) is 75.5 cm³/mol. The summed E-state index contributed by atoms with van der Waals surface area (Å²) < 4.78 is 13.1. The summed E-state index contributed by atoms with van der Waals surface area (Å²) >= 11 is 0. The van der Waals surface area contributed by atoms with Crippen molar-refractivity contribution in [3.63, 3.8) is 0 Å². The molecule has 0 fully saturated rings. The zero-order valence-electron chi connectivity index (χ0n) is 11.0. The number of phenolic OH excluding ortho intramolecular Hbond substituents is 1. The minimum Gasteiger partial charge on any atom is -0.505 e. The van der Waals surface area contributed by atoms with E-state index in [4.69, 9.17) is 5.11 Å². The minimum absolute atomic E-state index is 0.198. The number of hydrogen-bond donors (Lipinski definition) is 3. The Balaban J connectivity index is 1.87. The van der Waals surface area contributed by atoms with Gasteiger partial charge < -0.3 is 15.7 Å². The van der Waals surface area contributed by atoms with Crippen LogP contribution < -0.4 is 10.6 Å². The number of anilines is 1. The number of rotatable bonds is 4. The Hall–Kier alpha value is -2.89. The van der Waals surface area contributed by atoms with Crippen molar-refractivity contribution in [3.05, 3.63) is 59.9 Å². The van der Waals surface area contributed by atoms with Crippen LogP contribution in [0.15, 0.2) is 48.5 Å². The first-order valence-electron chi connectivity index (χ1n) is 6.18. The molecule has 0 unspecified atom stereocenters. The maximum atomic E-state index is 13.1. The monoisotopic (exact) mass is 288 g/mol. The number of benzene rings is 2. The van der Waals surface area contributed by atoms with E-state index in [1.807, 2.05) is 0 Å². The van der Waals surface area contributed by atoms with Crippen LogP contribution >= 0.6 is 0 Å². The van der Waals surface area contributed by atoms with Crippen molar-refractivity contribution >= 4 is 17.5 Å². The molecule has 21 heavy (non-hydrogen) atoms. The molecule has 2 aromatic carbocycles. The van der Waals surface area contributed by atoms with Crippen molar-refractivity contribution in [2.45, 2.75) is 0 Å². The van der Waals surface area contributed by atoms with Gasteiger partial charge in [-0.15, -0.1) is 0 Å². The van der Waals surface area contributed by atoms with Gasteiger partial charge in [0.25, 0.3) is 5.91 Å². The van der Waals surface area contributed by atoms with Gasteiger partial charge in [0.05, 0.1) is 6.54 Å². The third kappa shape index (κ3) is 4.04. The van der Waals surface area contributed by atoms with Crippen molar-refractivity contribution in [3.8, 4) is 5.75 Å². The molecule has 6 heteroatoms. The van der Waals surface area contributed by atoms with Gasteiger partial charge in [0.15, 0.2) is 11.6 Å². The fourth-order valence-corrected chi connectivity index (χ4v) is 1.64. The summed E-state index contributed by atoms with van der Waals surface area (Å²) in [5.74, 6) is -2.20. The fraction of sp³-hybridized carbons (Fsp3) is 0.0667. The molecular weight excluding hydrogens is 275 g/mol. The average Bonchev–Trinajstić information content (AvgIpc) is 2.49. The highest BCUT2D eigenvalue weighted by molar-refractivity contribution is 5.99. The molecule has 0 saturated carbocycles. The molecule has 0 aromatic heterocycles. The molecule has 108 valence electrons. The molecule has 0 heterocycles. The molecule has 2 amide bonds. The predicted octanol–water partition coefficient (Wildman–Crippen LogP) is 1.90. The van der Waals surface area contributed by atoms with Crippen LogP contribution in [-0.2, 0) is 4.79 Å². The van der Waals surface area contributed by atoms with Crippen LogP contribution in [0, 0.1) is 5.82 Å². The molecule has 0 saturated heterocycles. The maximum Gasteiger partial charge on any atom is 0.251 e. The number of carbonyl (C=O) groups excluding carboxylic acids is 2. The van der Waals surface area contributed by atoms with Gasteiger partial charge in [-0.2, -0.15) is 0 Å². The maximum absolute atomic E-state index is 13.1. The molecule has 0 aliphatic rings. The largest absolute Gasteiger partial charge is 0.505 e. The summed E-state index contributed by atoms with van der Waals surface area (Å²) in [6.45, 7) is -0.240. The second kappa shape index (κ2) is 6.51. The van der Waals surface area contributed by atoms with E-state index in [0.29, 0.717) is 5.56 Å². The summed E-state index contributed by atoms with van der Waals surface area (Å²) in [6, 6.07) is 11.9. The standard InChI is InChI=1S/C15H13FN2O3/c16-12-8-11(6-7-13(12)19)18-14(20)9-17-15(21)10-4-2-1-3-5-10/h1-8,19H,9H2,(H,17,21)(H,18,20). The second-order valence-corrected chi connectivity index (χ2v) is 4.26. The quantitative estimate of drug-likeness (QED) is 0.752. The topological polar surface area (TPSA) is 78.4 Å². The highest BCUT2D eigenvalue weighted by atomic mass is 19.1. The highest BCUT2D eigenvalue weighted by Gasteiger charge is 2.09. The Kier molecular flexibility index (Phi) is 4.50. The van der Waals surface area contributed by atoms with E-state index >= 15 is 0 Å². The van der Waals surface area contributed by atoms with Crippen LogP contribution in [0.5, 0.6) is 5.75 Å². The summed E-state index contributed by atoms with van der Waals surface area (Å²) in [4.78, 5) is 23.3. The Morgan fingerprint density at radius 1 is 1.10 bits per heavy atom. The van der Waals surface area contributed by atoms with Crippen LogP contribution in [0.3, 0.4) is 0 Å². The third-order valence-electron chi connectivity index (χ3n) is 2.68. The lowest BCUT2D eigenvalue weighted by atomic mass is 10.2. The Bertz CT molecular complexity index is 659. The second-order valence-electron chi connectivity index (χ2n) is 4.26. The first kappa shape index (κ1) is 14.5. The van der Waals surface area contributed by atoms with Crippen molar-refractivity contribution in [2.75, 3.05) is 11.9 Å². The molecule has 0 spiro atoms. The third-order valence-corrected chi connectivity index (χ3v) is 2.68. The van der Waals surface area contributed by atoms with Gasteiger partial charge in [0.2, 0.25) is 5.91 Å². The molecule has 0 aliphatic heterocycles. The summed E-state index contributed by atoms with van der Waals surface area (Å²) in [5, 5.41) is 13.9. The smallest absolute Gasteiger partial charge is 0.251 e. The van der Waals surface area contributed by atoms with E-state index in [2.05, 4.69) is 10.6 Å². The van der Waals surface area contributed by atoms with Gasteiger partial charge in [-0.3, -0.25) is 9.59 Å². The van der Waals surface area contributed by atoms with Gasteiger partial charge in [-0.05, 0) is 24.3 Å². The van der Waals surface area contributed by atoms with E-state index in [-0.39, 0.29) is 18.1 Å². The van der Waals surface area contributed by atoms with Crippen molar-refractivity contribution in [2.24, 2.45) is 0 Å². The van der Waals surface area contributed by atoms with Gasteiger partial charge in [-0.1, -0.05) is 18.2 Å². The molecule has 2 aromatic rings. The van der Waals surface area contributed by atoms with E-state index in [0.717, 1.165) is 12.1 Å². The van der Waals surface area contributed by atoms with E-state index in [1.54, 1.807) is 30.3 Å². The van der Waals surface area contributed by atoms with E-state index in [9.17, 15) is 14.0 Å². The van der Waals surface area contributed by atoms with Crippen LogP contribution in [0.4, 0.5) is 10.1 Å². The normalized spacial score (nSPS) is 9.95. The zero-order chi connectivity index (χ0) is 15.2. The van der Waals surface area contributed by atoms with Crippen LogP contribution in [-0.4, -0.2) is 23.5 Å². The average molecular weight is 288 g/mol. The lowest BCUT2D eigenvalue weighted by molar-refractivity contribution is -0.115. The molecule has 0 atom stereocenters. The summed E-state index contributed by atoms with van der Waals surface area (Å²) in [7, 11) is 0. The number of halogens is 1. The van der Waals surface area contributed by atoms with Crippen molar-refractivity contribution < 1.29 is 19.1 Å². The first-order valence-corrected chi connectivity index (χ1v) is 6.18. The van der Waals surface area contributed by atoms with Gasteiger partial charge in [0, 0.05) is 17.3 Å². The van der Waals surface area contributed by atoms with Crippen LogP contribution in [0.1, 0.15) is 10.4 Å². The molecular formula is C15H13FN2O3. The Labute approximate surface area is 120 Å². The molecule has 0 aliphatic carbocycles. The number of nitrogens with one attached hydrogen (secondary N) is 2. The first-order chi connectivity index (χ1) is 10.1. The van der Waals surface area contributed by atoms with Gasteiger partial charge in [-0.25, -0.2) is 4.39 Å². The zero-order valence-corrected chi connectivity index (χ0v) is 11.0. The summed E-state index contributed by atoms with van der Waals surface area (Å²) in [5.41, 5.74) is 0.644. The number of phenols is 1. The number of carbonyl (C=O) groups is 2. The number of aromatic hydroxyl groups is 1. The molecule has 3 N–H and O–H groups in total. The molecule has 0 bridgehead atoms. The highest BCUT2D eigenvalue weighted by Crippen LogP contribution is 2.19. The van der Waals surface area contributed by atoms with E-state index < -0.39 is 17.5 Å². The van der Waals surface area contributed by atoms with Crippen LogP contribution in [0.25, 0.3) is 0 Å². The lowest BCUT2D eigenvalue weighted by Gasteiger charge is -2.07. The van der Waals surface area contributed by atoms with Crippen molar-refractivity contribution in [1.29, 1.82) is 0 Å². The Morgan fingerprint density at radius 3 is 2.48 bits per heavy atom. The lowest BCUT2D eigenvalue weighted by Crippen LogP contribution is -2.32. The SMILES string of the molecule is O=C(CNC(=O)c1ccccc1)Nc1ccc(O)c(F)c1. The van der Waals surface area contributed by atoms with Gasteiger partial charge in [0.1, 0.15) is 0 Å². The molecule has 0 radical (unpaired) electrons. The summed E-state index contributed by atoms with van der Waals surface area (Å²) in [6.07, 6.45) is 0. The fourth-order valence-electron chi connectivity index (χ4n) is 1.64. The Morgan fingerprint density at radius 2 is 1.81 bits per heavy atom. The van der Waals surface area contributed by atoms with Gasteiger partial charge >= 0.3 is 0 Å². The minimum atomic E-state index is -0.832. The molecule has 5 nitrogen and oxygen atoms in total. The van der Waals surface area contributed by atoms with Crippen molar-refractivity contribution in [1.82, 2.24) is 5.32 Å². The molecule has 2 rings (SSSR count). The number of hydrogen-bond acceptors (Lipinski definition) is 3. The van der Waals surface area contributed by atoms with E-state index in [1.165, 1.54) is 6.07 Å². The van der Waals surface area contributed by atoms with Crippen LogP contribution in [0.2, 0.25) is 0 Å².